The molecule has 0 saturated carbocycles. The highest BCUT2D eigenvalue weighted by Gasteiger charge is 2.19. The number of carbonyl (C=O) groups is 3. The lowest BCUT2D eigenvalue weighted by Crippen LogP contribution is -2.30. The van der Waals surface area contributed by atoms with Crippen LogP contribution in [0.5, 0.6) is 0 Å². The lowest BCUT2D eigenvalue weighted by molar-refractivity contribution is -0.167. The van der Waals surface area contributed by atoms with Gasteiger partial charge in [-0.25, -0.2) is 0 Å². The zero-order valence-corrected chi connectivity index (χ0v) is 48.4. The van der Waals surface area contributed by atoms with Gasteiger partial charge in [-0.2, -0.15) is 0 Å². The Balaban J connectivity index is 3.99. The van der Waals surface area contributed by atoms with E-state index in [1.165, 1.54) is 180 Å². The van der Waals surface area contributed by atoms with Crippen molar-refractivity contribution < 1.29 is 28.6 Å². The van der Waals surface area contributed by atoms with Crippen LogP contribution >= 0.6 is 0 Å². The summed E-state index contributed by atoms with van der Waals surface area (Å²) in [5.74, 6) is -0.877. The van der Waals surface area contributed by atoms with E-state index in [9.17, 15) is 14.4 Å². The van der Waals surface area contributed by atoms with Gasteiger partial charge in [-0.3, -0.25) is 14.4 Å². The van der Waals surface area contributed by atoms with Crippen LogP contribution in [-0.4, -0.2) is 37.2 Å². The fourth-order valence-corrected chi connectivity index (χ4v) is 9.00. The minimum atomic E-state index is -0.771. The zero-order chi connectivity index (χ0) is 52.9. The maximum atomic E-state index is 12.8. The zero-order valence-electron chi connectivity index (χ0n) is 48.4. The van der Waals surface area contributed by atoms with Crippen LogP contribution in [0.25, 0.3) is 0 Å². The predicted molar refractivity (Wildman–Crippen MR) is 316 cm³/mol. The first-order chi connectivity index (χ1) is 36.0. The van der Waals surface area contributed by atoms with E-state index in [4.69, 9.17) is 14.2 Å². The van der Waals surface area contributed by atoms with Crippen LogP contribution in [0.4, 0.5) is 0 Å². The third-order valence-corrected chi connectivity index (χ3v) is 13.7. The van der Waals surface area contributed by atoms with Crippen molar-refractivity contribution in [3.8, 4) is 0 Å². The summed E-state index contributed by atoms with van der Waals surface area (Å²) in [6.07, 6.45) is 79.6. The van der Waals surface area contributed by atoms with E-state index in [-0.39, 0.29) is 31.1 Å². The highest BCUT2D eigenvalue weighted by Crippen LogP contribution is 2.17. The molecule has 0 spiro atoms. The van der Waals surface area contributed by atoms with Crippen molar-refractivity contribution in [3.63, 3.8) is 0 Å². The van der Waals surface area contributed by atoms with Crippen LogP contribution in [0.2, 0.25) is 0 Å². The summed E-state index contributed by atoms with van der Waals surface area (Å²) in [4.78, 5) is 37.9. The van der Waals surface area contributed by atoms with Crippen LogP contribution in [0, 0.1) is 0 Å². The molecule has 0 aliphatic rings. The van der Waals surface area contributed by atoms with E-state index < -0.39 is 6.10 Å². The molecule has 0 heterocycles. The number of hydrogen-bond donors (Lipinski definition) is 0. The van der Waals surface area contributed by atoms with Gasteiger partial charge in [0.2, 0.25) is 0 Å². The molecule has 0 aliphatic carbocycles. The van der Waals surface area contributed by atoms with Gasteiger partial charge in [-0.1, -0.05) is 280 Å². The molecule has 6 nitrogen and oxygen atoms in total. The molecule has 0 aromatic heterocycles. The van der Waals surface area contributed by atoms with Crippen molar-refractivity contribution in [2.45, 2.75) is 322 Å². The summed E-state index contributed by atoms with van der Waals surface area (Å²) in [5, 5.41) is 0. The van der Waals surface area contributed by atoms with Gasteiger partial charge in [-0.05, 0) is 89.9 Å². The van der Waals surface area contributed by atoms with Crippen molar-refractivity contribution >= 4 is 17.9 Å². The van der Waals surface area contributed by atoms with Crippen molar-refractivity contribution in [1.82, 2.24) is 0 Å². The summed E-state index contributed by atoms with van der Waals surface area (Å²) in [6.45, 7) is 6.47. The SMILES string of the molecule is CC/C=C\C/C=C\C/C=C\C/C=C\C/C=C\CCCCCCCCCCCCCCCCCC(=O)OCC(COC(=O)CCCCCCC)OC(=O)CCCCCCCCCCC/C=C\CCCCCCCC. The average Bonchev–Trinajstić information content (AvgIpc) is 3.39. The molecule has 73 heavy (non-hydrogen) atoms. The number of hydrogen-bond acceptors (Lipinski definition) is 6. The Kier molecular flexibility index (Phi) is 58.7. The van der Waals surface area contributed by atoms with E-state index in [0.717, 1.165) is 96.3 Å². The molecule has 0 aliphatic heterocycles. The lowest BCUT2D eigenvalue weighted by Gasteiger charge is -2.18. The Bertz CT molecular complexity index is 1360. The second kappa shape index (κ2) is 61.4. The Morgan fingerprint density at radius 2 is 0.534 bits per heavy atom. The highest BCUT2D eigenvalue weighted by atomic mass is 16.6. The van der Waals surface area contributed by atoms with Gasteiger partial charge in [0.1, 0.15) is 13.2 Å². The molecule has 1 atom stereocenters. The summed E-state index contributed by atoms with van der Waals surface area (Å²) in [5.41, 5.74) is 0. The summed E-state index contributed by atoms with van der Waals surface area (Å²) >= 11 is 0. The molecule has 0 aromatic rings. The number of unbranched alkanes of at least 4 members (excludes halogenated alkanes) is 34. The van der Waals surface area contributed by atoms with E-state index in [2.05, 4.69) is 93.7 Å². The number of carbonyl (C=O) groups excluding carboxylic acids is 3. The molecule has 0 rings (SSSR count). The molecule has 1 unspecified atom stereocenters. The molecule has 0 aromatic carbocycles. The standard InChI is InChI=1S/C67H118O6/c1-4-7-10-13-15-17-19-21-23-25-27-28-29-30-31-32-33-34-35-36-37-38-40-41-43-45-47-49-51-54-57-60-66(69)72-63-64(62-71-65(68)59-56-53-12-9-6-3)73-67(70)61-58-55-52-50-48-46-44-42-39-26-24-22-20-18-16-14-11-8-5-2/h7,10,15,17,21-24,27-28,30-31,64H,4-6,8-9,11-14,16,18-20,25-26,29,32-63H2,1-3H3/b10-7-,17-15-,23-21-,24-22-,28-27-,31-30-. The predicted octanol–water partition coefficient (Wildman–Crippen LogP) is 21.3. The molecule has 6 heteroatoms. The van der Waals surface area contributed by atoms with Gasteiger partial charge in [0.15, 0.2) is 6.10 Å². The van der Waals surface area contributed by atoms with Crippen molar-refractivity contribution in [3.05, 3.63) is 72.9 Å². The van der Waals surface area contributed by atoms with Crippen LogP contribution in [-0.2, 0) is 28.6 Å². The number of esters is 3. The largest absolute Gasteiger partial charge is 0.462 e. The van der Waals surface area contributed by atoms with Crippen molar-refractivity contribution in [2.75, 3.05) is 13.2 Å². The fourth-order valence-electron chi connectivity index (χ4n) is 9.00. The maximum absolute atomic E-state index is 12.8. The van der Waals surface area contributed by atoms with Crippen LogP contribution in [0.3, 0.4) is 0 Å². The third-order valence-electron chi connectivity index (χ3n) is 13.7. The Labute approximate surface area is 453 Å². The molecule has 0 amide bonds. The first kappa shape index (κ1) is 69.8. The first-order valence-corrected chi connectivity index (χ1v) is 31.4. The molecule has 0 fully saturated rings. The Morgan fingerprint density at radius 3 is 0.849 bits per heavy atom. The van der Waals surface area contributed by atoms with Crippen molar-refractivity contribution in [1.29, 1.82) is 0 Å². The molecule has 422 valence electrons. The molecule has 0 radical (unpaired) electrons. The number of rotatable bonds is 57. The molecular formula is C67H118O6. The molecule has 0 saturated heterocycles. The second-order valence-electron chi connectivity index (χ2n) is 20.9. The van der Waals surface area contributed by atoms with Crippen LogP contribution in [0.1, 0.15) is 316 Å². The smallest absolute Gasteiger partial charge is 0.306 e. The minimum absolute atomic E-state index is 0.0732. The topological polar surface area (TPSA) is 78.9 Å². The van der Waals surface area contributed by atoms with Gasteiger partial charge in [-0.15, -0.1) is 0 Å². The Hall–Kier alpha value is -3.15. The fraction of sp³-hybridized carbons (Fsp3) is 0.776. The lowest BCUT2D eigenvalue weighted by atomic mass is 10.0. The second-order valence-corrected chi connectivity index (χ2v) is 20.9. The summed E-state index contributed by atoms with van der Waals surface area (Å²) < 4.78 is 16.8. The number of allylic oxidation sites excluding steroid dienone is 12. The third kappa shape index (κ3) is 59.6. The van der Waals surface area contributed by atoms with E-state index >= 15 is 0 Å². The van der Waals surface area contributed by atoms with E-state index in [0.29, 0.717) is 19.3 Å². The van der Waals surface area contributed by atoms with Crippen LogP contribution < -0.4 is 0 Å². The van der Waals surface area contributed by atoms with Crippen LogP contribution in [0.15, 0.2) is 72.9 Å². The Morgan fingerprint density at radius 1 is 0.288 bits per heavy atom. The number of ether oxygens (including phenoxy) is 3. The van der Waals surface area contributed by atoms with Gasteiger partial charge in [0, 0.05) is 19.3 Å². The van der Waals surface area contributed by atoms with Crippen molar-refractivity contribution in [2.24, 2.45) is 0 Å². The summed E-state index contributed by atoms with van der Waals surface area (Å²) in [6, 6.07) is 0. The first-order valence-electron chi connectivity index (χ1n) is 31.4. The van der Waals surface area contributed by atoms with Gasteiger partial charge < -0.3 is 14.2 Å². The highest BCUT2D eigenvalue weighted by molar-refractivity contribution is 5.71. The summed E-state index contributed by atoms with van der Waals surface area (Å²) in [7, 11) is 0. The van der Waals surface area contributed by atoms with E-state index in [1.54, 1.807) is 0 Å². The monoisotopic (exact) mass is 1020 g/mol. The minimum Gasteiger partial charge on any atom is -0.462 e. The van der Waals surface area contributed by atoms with Gasteiger partial charge >= 0.3 is 17.9 Å². The van der Waals surface area contributed by atoms with Gasteiger partial charge in [0.05, 0.1) is 0 Å². The molecular weight excluding hydrogens is 901 g/mol. The van der Waals surface area contributed by atoms with E-state index in [1.807, 2.05) is 0 Å². The molecule has 0 N–H and O–H groups in total. The maximum Gasteiger partial charge on any atom is 0.306 e. The molecule has 0 bridgehead atoms. The average molecular weight is 1020 g/mol. The van der Waals surface area contributed by atoms with Gasteiger partial charge in [0.25, 0.3) is 0 Å². The quantitative estimate of drug-likeness (QED) is 0.0261. The normalized spacial score (nSPS) is 12.5.